The molecule has 2 amide bonds. The molecule has 0 rings (SSSR count). The zero-order chi connectivity index (χ0) is 10.6. The van der Waals surface area contributed by atoms with Crippen molar-refractivity contribution in [1.29, 1.82) is 0 Å². The number of nitrogens with two attached hydrogens (primary N) is 2. The molecule has 6 N–H and O–H groups in total. The van der Waals surface area contributed by atoms with Crippen molar-refractivity contribution in [3.8, 4) is 0 Å². The van der Waals surface area contributed by atoms with Crippen molar-refractivity contribution in [2.75, 3.05) is 0 Å². The summed E-state index contributed by atoms with van der Waals surface area (Å²) in [6.07, 6.45) is -0.958. The highest BCUT2D eigenvalue weighted by Crippen LogP contribution is 1.90. The first kappa shape index (κ1) is 11.9. The predicted molar refractivity (Wildman–Crippen MR) is 46.5 cm³/mol. The molecule has 3 atom stereocenters. The summed E-state index contributed by atoms with van der Waals surface area (Å²) in [5.74, 6) is -1.24. The fourth-order valence-corrected chi connectivity index (χ4v) is 0.600. The summed E-state index contributed by atoms with van der Waals surface area (Å²) >= 11 is 0. The van der Waals surface area contributed by atoms with Gasteiger partial charge in [-0.2, -0.15) is 0 Å². The highest BCUT2D eigenvalue weighted by atomic mass is 16.3. The summed E-state index contributed by atoms with van der Waals surface area (Å²) < 4.78 is 0. The van der Waals surface area contributed by atoms with Gasteiger partial charge in [-0.05, 0) is 13.8 Å². The van der Waals surface area contributed by atoms with Crippen LogP contribution in [0.5, 0.6) is 0 Å². The Morgan fingerprint density at radius 1 is 1.38 bits per heavy atom. The third kappa shape index (κ3) is 3.86. The van der Waals surface area contributed by atoms with Crippen LogP contribution in [0.25, 0.3) is 0 Å². The van der Waals surface area contributed by atoms with Crippen LogP contribution in [0.4, 0.5) is 0 Å². The third-order valence-corrected chi connectivity index (χ3v) is 1.61. The molecule has 0 spiro atoms. The summed E-state index contributed by atoms with van der Waals surface area (Å²) in [5.41, 5.74) is 10.2. The van der Waals surface area contributed by atoms with Crippen molar-refractivity contribution >= 4 is 11.8 Å². The molecule has 0 aromatic heterocycles. The largest absolute Gasteiger partial charge is 0.391 e. The number of aliphatic hydroxyl groups excluding tert-OH is 1. The Balaban J connectivity index is 4.08. The van der Waals surface area contributed by atoms with E-state index in [9.17, 15) is 9.59 Å². The summed E-state index contributed by atoms with van der Waals surface area (Å²) in [7, 11) is 0. The molecule has 0 heterocycles. The Labute approximate surface area is 76.3 Å². The van der Waals surface area contributed by atoms with Crippen LogP contribution >= 0.6 is 0 Å². The maximum Gasteiger partial charge on any atom is 0.240 e. The first-order valence-electron chi connectivity index (χ1n) is 3.89. The molecule has 0 saturated heterocycles. The van der Waals surface area contributed by atoms with Gasteiger partial charge in [-0.3, -0.25) is 9.59 Å². The number of nitrogens with one attached hydrogen (secondary N) is 1. The number of carbonyl (C=O) groups is 2. The zero-order valence-corrected chi connectivity index (χ0v) is 7.65. The lowest BCUT2D eigenvalue weighted by atomic mass is 10.1. The SMILES string of the molecule is C[C@H](O)[C@@H](N)C(=O)N[C@H](C)C(N)=O. The normalized spacial score (nSPS) is 17.2. The van der Waals surface area contributed by atoms with E-state index in [0.29, 0.717) is 0 Å². The van der Waals surface area contributed by atoms with Gasteiger partial charge < -0.3 is 21.9 Å². The van der Waals surface area contributed by atoms with Crippen molar-refractivity contribution in [2.24, 2.45) is 11.5 Å². The van der Waals surface area contributed by atoms with E-state index in [1.165, 1.54) is 13.8 Å². The molecule has 13 heavy (non-hydrogen) atoms. The smallest absolute Gasteiger partial charge is 0.240 e. The maximum atomic E-state index is 11.1. The van der Waals surface area contributed by atoms with Crippen LogP contribution in [-0.2, 0) is 9.59 Å². The Kier molecular flexibility index (Phi) is 4.36. The van der Waals surface area contributed by atoms with E-state index >= 15 is 0 Å². The molecule has 76 valence electrons. The number of primary amides is 1. The van der Waals surface area contributed by atoms with Gasteiger partial charge in [0.2, 0.25) is 11.8 Å². The van der Waals surface area contributed by atoms with E-state index in [-0.39, 0.29) is 0 Å². The first-order valence-corrected chi connectivity index (χ1v) is 3.89. The molecule has 0 aliphatic heterocycles. The molecule has 0 aliphatic rings. The predicted octanol–water partition coefficient (Wildman–Crippen LogP) is -2.32. The second-order valence-electron chi connectivity index (χ2n) is 2.90. The topological polar surface area (TPSA) is 118 Å². The Bertz CT molecular complexity index is 205. The lowest BCUT2D eigenvalue weighted by molar-refractivity contribution is -0.129. The number of amides is 2. The van der Waals surface area contributed by atoms with E-state index in [2.05, 4.69) is 5.32 Å². The summed E-state index contributed by atoms with van der Waals surface area (Å²) in [6, 6.07) is -1.82. The molecule has 0 fully saturated rings. The molecule has 0 unspecified atom stereocenters. The van der Waals surface area contributed by atoms with Crippen LogP contribution in [0.1, 0.15) is 13.8 Å². The van der Waals surface area contributed by atoms with Crippen LogP contribution in [0.2, 0.25) is 0 Å². The Morgan fingerprint density at radius 3 is 2.15 bits per heavy atom. The van der Waals surface area contributed by atoms with Gasteiger partial charge >= 0.3 is 0 Å². The number of rotatable bonds is 4. The average molecular weight is 189 g/mol. The van der Waals surface area contributed by atoms with Gasteiger partial charge in [-0.25, -0.2) is 0 Å². The van der Waals surface area contributed by atoms with Crippen molar-refractivity contribution in [3.05, 3.63) is 0 Å². The van der Waals surface area contributed by atoms with Crippen molar-refractivity contribution in [2.45, 2.75) is 32.0 Å². The Morgan fingerprint density at radius 2 is 1.85 bits per heavy atom. The maximum absolute atomic E-state index is 11.1. The van der Waals surface area contributed by atoms with Gasteiger partial charge in [0.15, 0.2) is 0 Å². The molecule has 6 nitrogen and oxygen atoms in total. The highest BCUT2D eigenvalue weighted by Gasteiger charge is 2.21. The fourth-order valence-electron chi connectivity index (χ4n) is 0.600. The second kappa shape index (κ2) is 4.78. The summed E-state index contributed by atoms with van der Waals surface area (Å²) in [4.78, 5) is 21.6. The van der Waals surface area contributed by atoms with Crippen LogP contribution in [0.3, 0.4) is 0 Å². The van der Waals surface area contributed by atoms with Crippen molar-refractivity contribution in [1.82, 2.24) is 5.32 Å². The van der Waals surface area contributed by atoms with Gasteiger partial charge in [0.05, 0.1) is 6.10 Å². The number of hydrogen-bond acceptors (Lipinski definition) is 4. The first-order chi connectivity index (χ1) is 5.86. The van der Waals surface area contributed by atoms with Gasteiger partial charge in [0.1, 0.15) is 12.1 Å². The lowest BCUT2D eigenvalue weighted by Gasteiger charge is -2.16. The monoisotopic (exact) mass is 189 g/mol. The summed E-state index contributed by atoms with van der Waals surface area (Å²) in [5, 5.41) is 11.2. The van der Waals surface area contributed by atoms with Crippen molar-refractivity contribution < 1.29 is 14.7 Å². The molecular weight excluding hydrogens is 174 g/mol. The number of carbonyl (C=O) groups excluding carboxylic acids is 2. The van der Waals surface area contributed by atoms with E-state index in [0.717, 1.165) is 0 Å². The molecule has 6 heteroatoms. The molecule has 0 bridgehead atoms. The van der Waals surface area contributed by atoms with Gasteiger partial charge in [-0.15, -0.1) is 0 Å². The summed E-state index contributed by atoms with van der Waals surface area (Å²) in [6.45, 7) is 2.83. The van der Waals surface area contributed by atoms with Crippen LogP contribution < -0.4 is 16.8 Å². The minimum Gasteiger partial charge on any atom is -0.391 e. The van der Waals surface area contributed by atoms with Crippen LogP contribution in [0, 0.1) is 0 Å². The second-order valence-corrected chi connectivity index (χ2v) is 2.90. The van der Waals surface area contributed by atoms with E-state index in [1.54, 1.807) is 0 Å². The molecule has 0 aliphatic carbocycles. The zero-order valence-electron chi connectivity index (χ0n) is 7.65. The molecule has 0 aromatic carbocycles. The lowest BCUT2D eigenvalue weighted by Crippen LogP contribution is -2.52. The molecular formula is C7H15N3O3. The Hall–Kier alpha value is -1.14. The standard InChI is InChI=1S/C7H15N3O3/c1-3(6(9)12)10-7(13)5(8)4(2)11/h3-5,11H,8H2,1-2H3,(H2,9,12)(H,10,13)/t3-,4+,5-/m1/s1. The van der Waals surface area contributed by atoms with Crippen LogP contribution in [0.15, 0.2) is 0 Å². The van der Waals surface area contributed by atoms with E-state index in [1.807, 2.05) is 0 Å². The fraction of sp³-hybridized carbons (Fsp3) is 0.714. The minimum absolute atomic E-state index is 0.596. The van der Waals surface area contributed by atoms with Gasteiger partial charge in [0, 0.05) is 0 Å². The van der Waals surface area contributed by atoms with Gasteiger partial charge in [-0.1, -0.05) is 0 Å². The molecule has 0 saturated carbocycles. The molecule has 0 aromatic rings. The number of hydrogen-bond donors (Lipinski definition) is 4. The van der Waals surface area contributed by atoms with Crippen molar-refractivity contribution in [3.63, 3.8) is 0 Å². The quantitative estimate of drug-likeness (QED) is 0.397. The van der Waals surface area contributed by atoms with Crippen LogP contribution in [-0.4, -0.2) is 35.1 Å². The molecule has 0 radical (unpaired) electrons. The highest BCUT2D eigenvalue weighted by molar-refractivity contribution is 5.88. The minimum atomic E-state index is -1.04. The van der Waals surface area contributed by atoms with Gasteiger partial charge in [0.25, 0.3) is 0 Å². The number of aliphatic hydroxyl groups is 1. The third-order valence-electron chi connectivity index (χ3n) is 1.61. The average Bonchev–Trinajstić information content (AvgIpc) is 2.02. The van der Waals surface area contributed by atoms with E-state index < -0.39 is 30.0 Å². The van der Waals surface area contributed by atoms with E-state index in [4.69, 9.17) is 16.6 Å².